The Bertz CT molecular complexity index is 1510. The molecule has 0 bridgehead atoms. The van der Waals surface area contributed by atoms with Crippen molar-refractivity contribution in [2.24, 2.45) is 0 Å². The Morgan fingerprint density at radius 3 is 2.55 bits per heavy atom. The van der Waals surface area contributed by atoms with Gasteiger partial charge in [0.1, 0.15) is 11.9 Å². The van der Waals surface area contributed by atoms with E-state index in [1.165, 1.54) is 14.2 Å². The van der Waals surface area contributed by atoms with Crippen molar-refractivity contribution >= 4 is 28.6 Å². The molecule has 0 saturated heterocycles. The highest BCUT2D eigenvalue weighted by atomic mass is 16.7. The van der Waals surface area contributed by atoms with Crippen molar-refractivity contribution in [1.82, 2.24) is 9.55 Å². The van der Waals surface area contributed by atoms with Crippen LogP contribution in [0.25, 0.3) is 11.0 Å². The van der Waals surface area contributed by atoms with Crippen LogP contribution in [0.15, 0.2) is 72.8 Å². The number of hydrogen-bond donors (Lipinski definition) is 3. The van der Waals surface area contributed by atoms with Crippen molar-refractivity contribution in [3.63, 3.8) is 0 Å². The minimum atomic E-state index is -1.34. The summed E-state index contributed by atoms with van der Waals surface area (Å²) in [5, 5.41) is 26.9. The SMILES string of the molecule is COC(OC)[C@@]1(C)Oc2ccc(NC(=O)c3ccccc3)cc2[C@H](n2c(NC#N)nc3ccccc32)[C@H]1O. The van der Waals surface area contributed by atoms with Gasteiger partial charge < -0.3 is 24.6 Å². The van der Waals surface area contributed by atoms with Gasteiger partial charge in [-0.05, 0) is 49.4 Å². The Labute approximate surface area is 219 Å². The highest BCUT2D eigenvalue weighted by Gasteiger charge is 2.53. The first-order valence-electron chi connectivity index (χ1n) is 12.0. The fourth-order valence-electron chi connectivity index (χ4n) is 5.02. The number of imidazole rings is 1. The molecule has 3 aromatic carbocycles. The minimum Gasteiger partial charge on any atom is -0.479 e. The highest BCUT2D eigenvalue weighted by Crippen LogP contribution is 2.47. The first kappa shape index (κ1) is 25.2. The van der Waals surface area contributed by atoms with E-state index in [9.17, 15) is 15.2 Å². The number of nitrogens with one attached hydrogen (secondary N) is 2. The second kappa shape index (κ2) is 10.1. The van der Waals surface area contributed by atoms with E-state index < -0.39 is 24.0 Å². The molecule has 5 rings (SSSR count). The maximum atomic E-state index is 12.9. The second-order valence-electron chi connectivity index (χ2n) is 9.08. The summed E-state index contributed by atoms with van der Waals surface area (Å²) in [6, 6.07) is 20.7. The van der Waals surface area contributed by atoms with Crippen molar-refractivity contribution in [3.8, 4) is 11.9 Å². The number of fused-ring (bicyclic) bond motifs is 2. The molecule has 10 heteroatoms. The van der Waals surface area contributed by atoms with E-state index in [1.807, 2.05) is 36.5 Å². The molecule has 2 heterocycles. The second-order valence-corrected chi connectivity index (χ2v) is 9.08. The summed E-state index contributed by atoms with van der Waals surface area (Å²) >= 11 is 0. The smallest absolute Gasteiger partial charge is 0.255 e. The van der Waals surface area contributed by atoms with Crippen molar-refractivity contribution in [2.75, 3.05) is 24.9 Å². The van der Waals surface area contributed by atoms with Crippen molar-refractivity contribution in [1.29, 1.82) is 5.26 Å². The van der Waals surface area contributed by atoms with Gasteiger partial charge in [0.25, 0.3) is 5.91 Å². The number of anilines is 2. The third kappa shape index (κ3) is 4.22. The lowest BCUT2D eigenvalue weighted by atomic mass is 9.84. The number of nitrogens with zero attached hydrogens (tertiary/aromatic N) is 3. The summed E-state index contributed by atoms with van der Waals surface area (Å²) < 4.78 is 19.1. The molecule has 1 amide bonds. The molecule has 0 unspecified atom stereocenters. The number of ether oxygens (including phenoxy) is 3. The van der Waals surface area contributed by atoms with Gasteiger partial charge in [-0.1, -0.05) is 30.3 Å². The monoisotopic (exact) mass is 513 g/mol. The van der Waals surface area contributed by atoms with Gasteiger partial charge in [0.15, 0.2) is 18.1 Å². The van der Waals surface area contributed by atoms with Crippen LogP contribution >= 0.6 is 0 Å². The lowest BCUT2D eigenvalue weighted by Gasteiger charge is -2.47. The van der Waals surface area contributed by atoms with Crippen molar-refractivity contribution in [3.05, 3.63) is 83.9 Å². The average Bonchev–Trinajstić information content (AvgIpc) is 3.29. The Balaban J connectivity index is 1.68. The van der Waals surface area contributed by atoms with E-state index >= 15 is 0 Å². The molecule has 10 nitrogen and oxygen atoms in total. The van der Waals surface area contributed by atoms with E-state index in [0.29, 0.717) is 33.6 Å². The zero-order valence-electron chi connectivity index (χ0n) is 21.1. The van der Waals surface area contributed by atoms with Crippen LogP contribution in [0.4, 0.5) is 11.6 Å². The van der Waals surface area contributed by atoms with Gasteiger partial charge >= 0.3 is 0 Å². The molecule has 1 aliphatic rings. The van der Waals surface area contributed by atoms with E-state index in [2.05, 4.69) is 15.6 Å². The minimum absolute atomic E-state index is 0.248. The highest BCUT2D eigenvalue weighted by molar-refractivity contribution is 6.04. The zero-order valence-corrected chi connectivity index (χ0v) is 21.1. The van der Waals surface area contributed by atoms with Gasteiger partial charge in [0.2, 0.25) is 5.95 Å². The van der Waals surface area contributed by atoms with Crippen LogP contribution in [0.5, 0.6) is 5.75 Å². The van der Waals surface area contributed by atoms with Gasteiger partial charge in [0.05, 0.1) is 17.1 Å². The number of aromatic nitrogens is 2. The number of benzene rings is 3. The molecule has 0 aliphatic carbocycles. The number of methoxy groups -OCH3 is 2. The average molecular weight is 514 g/mol. The number of amides is 1. The summed E-state index contributed by atoms with van der Waals surface area (Å²) in [5.41, 5.74) is 1.58. The Morgan fingerprint density at radius 1 is 1.13 bits per heavy atom. The molecule has 1 aromatic heterocycles. The molecule has 3 atom stereocenters. The van der Waals surface area contributed by atoms with Crippen LogP contribution in [0.2, 0.25) is 0 Å². The molecule has 3 N–H and O–H groups in total. The number of hydrogen-bond acceptors (Lipinski definition) is 8. The molecule has 0 saturated carbocycles. The zero-order chi connectivity index (χ0) is 26.9. The molecule has 0 fully saturated rings. The fraction of sp³-hybridized carbons (Fsp3) is 0.250. The molecular formula is C28H27N5O5. The predicted octanol–water partition coefficient (Wildman–Crippen LogP) is 3.90. The van der Waals surface area contributed by atoms with E-state index in [4.69, 9.17) is 14.2 Å². The van der Waals surface area contributed by atoms with E-state index in [0.717, 1.165) is 0 Å². The van der Waals surface area contributed by atoms with Gasteiger partial charge in [0, 0.05) is 31.0 Å². The summed E-state index contributed by atoms with van der Waals surface area (Å²) in [6.45, 7) is 1.70. The Morgan fingerprint density at radius 2 is 1.84 bits per heavy atom. The van der Waals surface area contributed by atoms with Gasteiger partial charge in [-0.15, -0.1) is 0 Å². The Kier molecular flexibility index (Phi) is 6.73. The van der Waals surface area contributed by atoms with Gasteiger partial charge in [-0.2, -0.15) is 5.26 Å². The third-order valence-corrected chi connectivity index (χ3v) is 6.78. The molecule has 1 aliphatic heterocycles. The predicted molar refractivity (Wildman–Crippen MR) is 141 cm³/mol. The lowest BCUT2D eigenvalue weighted by Crippen LogP contribution is -2.60. The van der Waals surface area contributed by atoms with Gasteiger partial charge in [-0.3, -0.25) is 14.7 Å². The van der Waals surface area contributed by atoms with Crippen LogP contribution in [0, 0.1) is 11.5 Å². The molecular weight excluding hydrogens is 486 g/mol. The first-order chi connectivity index (χ1) is 18.4. The van der Waals surface area contributed by atoms with Crippen molar-refractivity contribution < 1.29 is 24.1 Å². The first-order valence-corrected chi connectivity index (χ1v) is 12.0. The molecule has 0 radical (unpaired) electrons. The summed E-state index contributed by atoms with van der Waals surface area (Å²) in [5.74, 6) is 0.432. The van der Waals surface area contributed by atoms with Crippen LogP contribution in [0.1, 0.15) is 28.9 Å². The molecule has 38 heavy (non-hydrogen) atoms. The maximum absolute atomic E-state index is 12.9. The van der Waals surface area contributed by atoms with E-state index in [-0.39, 0.29) is 11.9 Å². The van der Waals surface area contributed by atoms with Gasteiger partial charge in [-0.25, -0.2) is 4.98 Å². The number of aliphatic hydroxyl groups excluding tert-OH is 1. The maximum Gasteiger partial charge on any atom is 0.255 e. The number of aliphatic hydroxyl groups is 1. The number of rotatable bonds is 7. The van der Waals surface area contributed by atoms with Crippen LogP contribution < -0.4 is 15.4 Å². The number of nitriles is 1. The summed E-state index contributed by atoms with van der Waals surface area (Å²) in [6.07, 6.45) is -0.216. The Hall–Kier alpha value is -4.43. The summed E-state index contributed by atoms with van der Waals surface area (Å²) in [7, 11) is 2.94. The van der Waals surface area contributed by atoms with Crippen molar-refractivity contribution in [2.45, 2.75) is 31.0 Å². The standard InChI is InChI=1S/C28H27N5O5/c1-28(26(36-2)37-3)24(34)23(33-21-12-8-7-11-20(21)32-27(33)30-16-29)19-15-18(13-14-22(19)38-28)31-25(35)17-9-5-4-6-10-17/h4-15,23-24,26,34H,1-3H3,(H,30,32)(H,31,35)/t23-,24+,28-/m0/s1. The molecule has 4 aromatic rings. The number of para-hydroxylation sites is 2. The quantitative estimate of drug-likeness (QED) is 0.193. The molecule has 0 spiro atoms. The number of carbonyl (C=O) groups is 1. The number of carbonyl (C=O) groups excluding carboxylic acids is 1. The summed E-state index contributed by atoms with van der Waals surface area (Å²) in [4.78, 5) is 17.4. The van der Waals surface area contributed by atoms with Crippen LogP contribution in [0.3, 0.4) is 0 Å². The largest absolute Gasteiger partial charge is 0.479 e. The van der Waals surface area contributed by atoms with Crippen LogP contribution in [-0.2, 0) is 9.47 Å². The fourth-order valence-corrected chi connectivity index (χ4v) is 5.02. The normalized spacial score (nSPS) is 20.4. The van der Waals surface area contributed by atoms with E-state index in [1.54, 1.807) is 54.0 Å². The topological polar surface area (TPSA) is 131 Å². The third-order valence-electron chi connectivity index (χ3n) is 6.78. The van der Waals surface area contributed by atoms with Crippen LogP contribution in [-0.4, -0.2) is 52.8 Å². The lowest BCUT2D eigenvalue weighted by molar-refractivity contribution is -0.238. The molecule has 194 valence electrons.